The fourth-order valence-corrected chi connectivity index (χ4v) is 2.63. The Hall–Kier alpha value is -1.39. The number of nitrogens with zero attached hydrogens (tertiary/aromatic N) is 1. The molecule has 0 aliphatic carbocycles. The number of carbonyl (C=O) groups excluding carboxylic acids is 1. The fourth-order valence-electron chi connectivity index (χ4n) is 2.25. The molecule has 0 heterocycles. The van der Waals surface area contributed by atoms with Gasteiger partial charge in [0.25, 0.3) is 5.91 Å². The van der Waals surface area contributed by atoms with Crippen molar-refractivity contribution >= 4 is 32.6 Å². The number of halogens is 1. The third kappa shape index (κ3) is 4.05. The van der Waals surface area contributed by atoms with E-state index in [1.54, 1.807) is 0 Å². The Morgan fingerprint density at radius 1 is 1.14 bits per heavy atom. The zero-order chi connectivity index (χ0) is 15.2. The second-order valence-corrected chi connectivity index (χ2v) is 5.70. The van der Waals surface area contributed by atoms with E-state index in [9.17, 15) is 4.79 Å². The van der Waals surface area contributed by atoms with Crippen LogP contribution in [0.2, 0.25) is 0 Å². The average molecular weight is 350 g/mol. The highest BCUT2D eigenvalue weighted by molar-refractivity contribution is 9.10. The third-order valence-electron chi connectivity index (χ3n) is 3.43. The van der Waals surface area contributed by atoms with Gasteiger partial charge in [0.05, 0.1) is 6.61 Å². The van der Waals surface area contributed by atoms with Crippen molar-refractivity contribution in [3.05, 3.63) is 46.4 Å². The van der Waals surface area contributed by atoms with Crippen LogP contribution in [0.5, 0.6) is 0 Å². The lowest BCUT2D eigenvalue weighted by molar-refractivity contribution is 0.0669. The lowest BCUT2D eigenvalue weighted by Gasteiger charge is -2.21. The van der Waals surface area contributed by atoms with Crippen molar-refractivity contribution in [2.45, 2.75) is 13.8 Å². The van der Waals surface area contributed by atoms with E-state index in [1.807, 2.05) is 49.1 Å². The first kappa shape index (κ1) is 16.0. The number of hydrogen-bond donors (Lipinski definition) is 0. The predicted octanol–water partition coefficient (Wildman–Crippen LogP) is 4.10. The summed E-state index contributed by atoms with van der Waals surface area (Å²) in [6.07, 6.45) is 0. The SMILES string of the molecule is CCOCCN(CC)C(=O)c1ccc2cc(Br)ccc2c1. The highest BCUT2D eigenvalue weighted by Crippen LogP contribution is 2.21. The summed E-state index contributed by atoms with van der Waals surface area (Å²) in [6, 6.07) is 11.9. The van der Waals surface area contributed by atoms with Crippen LogP contribution < -0.4 is 0 Å². The number of likely N-dealkylation sites (N-methyl/N-ethyl adjacent to an activating group) is 1. The minimum atomic E-state index is 0.0574. The Morgan fingerprint density at radius 2 is 1.86 bits per heavy atom. The van der Waals surface area contributed by atoms with Gasteiger partial charge in [0, 0.05) is 29.7 Å². The molecule has 0 saturated heterocycles. The summed E-state index contributed by atoms with van der Waals surface area (Å²) in [7, 11) is 0. The minimum Gasteiger partial charge on any atom is -0.380 e. The van der Waals surface area contributed by atoms with Crippen LogP contribution >= 0.6 is 15.9 Å². The maximum absolute atomic E-state index is 12.5. The van der Waals surface area contributed by atoms with Gasteiger partial charge >= 0.3 is 0 Å². The number of amides is 1. The first-order valence-electron chi connectivity index (χ1n) is 7.22. The third-order valence-corrected chi connectivity index (χ3v) is 3.92. The molecule has 3 nitrogen and oxygen atoms in total. The molecule has 0 radical (unpaired) electrons. The molecule has 0 aliphatic heterocycles. The van der Waals surface area contributed by atoms with E-state index in [2.05, 4.69) is 22.0 Å². The Morgan fingerprint density at radius 3 is 2.57 bits per heavy atom. The van der Waals surface area contributed by atoms with Gasteiger partial charge < -0.3 is 9.64 Å². The maximum Gasteiger partial charge on any atom is 0.253 e. The van der Waals surface area contributed by atoms with Crippen molar-refractivity contribution in [3.63, 3.8) is 0 Å². The van der Waals surface area contributed by atoms with Crippen molar-refractivity contribution in [1.82, 2.24) is 4.90 Å². The standard InChI is InChI=1S/C17H20BrNO2/c1-3-19(9-10-21-4-2)17(20)15-6-5-14-12-16(18)8-7-13(14)11-15/h5-8,11-12H,3-4,9-10H2,1-2H3. The molecule has 2 aromatic carbocycles. The van der Waals surface area contributed by atoms with Crippen LogP contribution in [0.3, 0.4) is 0 Å². The molecule has 2 aromatic rings. The molecule has 0 bridgehead atoms. The zero-order valence-corrected chi connectivity index (χ0v) is 14.0. The number of rotatable bonds is 6. The van der Waals surface area contributed by atoms with Gasteiger partial charge in [-0.3, -0.25) is 4.79 Å². The minimum absolute atomic E-state index is 0.0574. The quantitative estimate of drug-likeness (QED) is 0.734. The van der Waals surface area contributed by atoms with Gasteiger partial charge in [-0.15, -0.1) is 0 Å². The van der Waals surface area contributed by atoms with E-state index in [0.717, 1.165) is 20.8 Å². The predicted molar refractivity (Wildman–Crippen MR) is 89.7 cm³/mol. The Balaban J connectivity index is 2.19. The van der Waals surface area contributed by atoms with Gasteiger partial charge in [0.1, 0.15) is 0 Å². The van der Waals surface area contributed by atoms with Gasteiger partial charge in [-0.2, -0.15) is 0 Å². The number of carbonyl (C=O) groups is 1. The number of fused-ring (bicyclic) bond motifs is 1. The molecule has 0 fully saturated rings. The van der Waals surface area contributed by atoms with Gasteiger partial charge in [-0.25, -0.2) is 0 Å². The molecule has 0 aromatic heterocycles. The van der Waals surface area contributed by atoms with E-state index in [1.165, 1.54) is 0 Å². The topological polar surface area (TPSA) is 29.5 Å². The molecular formula is C17H20BrNO2. The van der Waals surface area contributed by atoms with Crippen molar-refractivity contribution in [2.24, 2.45) is 0 Å². The average Bonchev–Trinajstić information content (AvgIpc) is 2.50. The summed E-state index contributed by atoms with van der Waals surface area (Å²) in [6.45, 7) is 6.51. The first-order valence-corrected chi connectivity index (χ1v) is 8.01. The van der Waals surface area contributed by atoms with Crippen LogP contribution in [-0.4, -0.2) is 37.1 Å². The number of ether oxygens (including phenoxy) is 1. The largest absolute Gasteiger partial charge is 0.380 e. The lowest BCUT2D eigenvalue weighted by Crippen LogP contribution is -2.33. The molecule has 112 valence electrons. The van der Waals surface area contributed by atoms with Crippen LogP contribution in [0.1, 0.15) is 24.2 Å². The fraction of sp³-hybridized carbons (Fsp3) is 0.353. The Kier molecular flexibility index (Phi) is 5.76. The van der Waals surface area contributed by atoms with Crippen molar-refractivity contribution < 1.29 is 9.53 Å². The Labute approximate surface area is 134 Å². The summed E-state index contributed by atoms with van der Waals surface area (Å²) in [5, 5.41) is 2.20. The Bertz CT molecular complexity index is 627. The van der Waals surface area contributed by atoms with E-state index in [-0.39, 0.29) is 5.91 Å². The molecular weight excluding hydrogens is 330 g/mol. The molecule has 0 saturated carbocycles. The maximum atomic E-state index is 12.5. The number of benzene rings is 2. The van der Waals surface area contributed by atoms with Crippen LogP contribution in [0.25, 0.3) is 10.8 Å². The van der Waals surface area contributed by atoms with E-state index in [4.69, 9.17) is 4.74 Å². The highest BCUT2D eigenvalue weighted by atomic mass is 79.9. The summed E-state index contributed by atoms with van der Waals surface area (Å²) in [5.41, 5.74) is 0.725. The van der Waals surface area contributed by atoms with Gasteiger partial charge in [0.2, 0.25) is 0 Å². The van der Waals surface area contributed by atoms with Gasteiger partial charge in [-0.05, 0) is 48.9 Å². The monoisotopic (exact) mass is 349 g/mol. The smallest absolute Gasteiger partial charge is 0.253 e. The van der Waals surface area contributed by atoms with Crippen LogP contribution in [0.4, 0.5) is 0 Å². The summed E-state index contributed by atoms with van der Waals surface area (Å²) in [4.78, 5) is 14.4. The van der Waals surface area contributed by atoms with E-state index < -0.39 is 0 Å². The van der Waals surface area contributed by atoms with Crippen LogP contribution in [0, 0.1) is 0 Å². The van der Waals surface area contributed by atoms with Crippen molar-refractivity contribution in [3.8, 4) is 0 Å². The summed E-state index contributed by atoms with van der Waals surface area (Å²) >= 11 is 3.46. The molecule has 0 spiro atoms. The molecule has 1 amide bonds. The molecule has 0 N–H and O–H groups in total. The van der Waals surface area contributed by atoms with E-state index >= 15 is 0 Å². The van der Waals surface area contributed by atoms with Crippen LogP contribution in [0.15, 0.2) is 40.9 Å². The lowest BCUT2D eigenvalue weighted by atomic mass is 10.1. The molecule has 0 unspecified atom stereocenters. The number of hydrogen-bond acceptors (Lipinski definition) is 2. The second-order valence-electron chi connectivity index (χ2n) is 4.79. The van der Waals surface area contributed by atoms with E-state index in [0.29, 0.717) is 26.3 Å². The van der Waals surface area contributed by atoms with Crippen LogP contribution in [-0.2, 0) is 4.74 Å². The van der Waals surface area contributed by atoms with Crippen molar-refractivity contribution in [1.29, 1.82) is 0 Å². The summed E-state index contributed by atoms with van der Waals surface area (Å²) in [5.74, 6) is 0.0574. The zero-order valence-electron chi connectivity index (χ0n) is 12.4. The molecule has 0 aliphatic rings. The molecule has 21 heavy (non-hydrogen) atoms. The van der Waals surface area contributed by atoms with Crippen molar-refractivity contribution in [2.75, 3.05) is 26.3 Å². The normalized spacial score (nSPS) is 10.8. The first-order chi connectivity index (χ1) is 10.2. The second kappa shape index (κ2) is 7.57. The highest BCUT2D eigenvalue weighted by Gasteiger charge is 2.14. The molecule has 4 heteroatoms. The molecule has 0 atom stereocenters. The molecule has 2 rings (SSSR count). The van der Waals surface area contributed by atoms with Gasteiger partial charge in [-0.1, -0.05) is 28.1 Å². The van der Waals surface area contributed by atoms with Gasteiger partial charge in [0.15, 0.2) is 0 Å². The summed E-state index contributed by atoms with van der Waals surface area (Å²) < 4.78 is 6.38.